The number of ether oxygens (including phenoxy) is 1. The number of nitrogens with two attached hydrogens (primary N) is 1. The highest BCUT2D eigenvalue weighted by atomic mass is 16.6. The number of fused-ring (bicyclic) bond motifs is 1. The van der Waals surface area contributed by atoms with Crippen LogP contribution in [0.15, 0.2) is 42.5 Å². The van der Waals surface area contributed by atoms with E-state index in [1.165, 1.54) is 16.3 Å². The fraction of sp³-hybridized carbons (Fsp3) is 0.389. The molecule has 4 nitrogen and oxygen atoms in total. The van der Waals surface area contributed by atoms with Crippen LogP contribution in [-0.2, 0) is 11.2 Å². The van der Waals surface area contributed by atoms with Gasteiger partial charge in [0, 0.05) is 12.6 Å². The molecule has 2 rings (SSSR count). The molecule has 118 valence electrons. The summed E-state index contributed by atoms with van der Waals surface area (Å²) in [6.07, 6.45) is 0.250. The van der Waals surface area contributed by atoms with Gasteiger partial charge in [0.05, 0.1) is 0 Å². The van der Waals surface area contributed by atoms with Crippen molar-refractivity contribution in [3.63, 3.8) is 0 Å². The van der Waals surface area contributed by atoms with E-state index in [1.54, 1.807) is 0 Å². The van der Waals surface area contributed by atoms with E-state index in [4.69, 9.17) is 10.5 Å². The van der Waals surface area contributed by atoms with E-state index in [1.807, 2.05) is 39.0 Å². The van der Waals surface area contributed by atoms with Crippen LogP contribution >= 0.6 is 0 Å². The number of rotatable bonds is 4. The van der Waals surface area contributed by atoms with Gasteiger partial charge < -0.3 is 15.8 Å². The van der Waals surface area contributed by atoms with Gasteiger partial charge in [-0.05, 0) is 43.5 Å². The van der Waals surface area contributed by atoms with Crippen LogP contribution < -0.4 is 11.1 Å². The van der Waals surface area contributed by atoms with Crippen LogP contribution in [0.1, 0.15) is 26.3 Å². The maximum absolute atomic E-state index is 11.9. The molecule has 0 saturated carbocycles. The Balaban J connectivity index is 2.11. The minimum Gasteiger partial charge on any atom is -0.444 e. The molecule has 0 fully saturated rings. The summed E-state index contributed by atoms with van der Waals surface area (Å²) in [4.78, 5) is 11.9. The molecule has 0 radical (unpaired) electrons. The lowest BCUT2D eigenvalue weighted by molar-refractivity contribution is 0.0506. The number of carbonyl (C=O) groups excluding carboxylic acids is 1. The summed E-state index contributed by atoms with van der Waals surface area (Å²) in [5, 5.41) is 5.23. The second-order valence-corrected chi connectivity index (χ2v) is 6.42. The van der Waals surface area contributed by atoms with Crippen LogP contribution in [0.4, 0.5) is 4.79 Å². The minimum atomic E-state index is -0.511. The van der Waals surface area contributed by atoms with Crippen molar-refractivity contribution in [1.29, 1.82) is 0 Å². The first-order valence-corrected chi connectivity index (χ1v) is 7.55. The third-order valence-electron chi connectivity index (χ3n) is 3.35. The van der Waals surface area contributed by atoms with E-state index in [9.17, 15) is 4.79 Å². The number of benzene rings is 2. The predicted molar refractivity (Wildman–Crippen MR) is 89.9 cm³/mol. The van der Waals surface area contributed by atoms with Crippen LogP contribution in [0.2, 0.25) is 0 Å². The molecule has 1 amide bonds. The monoisotopic (exact) mass is 300 g/mol. The first-order valence-electron chi connectivity index (χ1n) is 7.55. The third kappa shape index (κ3) is 4.46. The fourth-order valence-electron chi connectivity index (χ4n) is 2.40. The van der Waals surface area contributed by atoms with Crippen molar-refractivity contribution < 1.29 is 9.53 Å². The number of hydrogen-bond donors (Lipinski definition) is 2. The normalized spacial score (nSPS) is 12.9. The minimum absolute atomic E-state index is 0.152. The van der Waals surface area contributed by atoms with Gasteiger partial charge in [-0.2, -0.15) is 0 Å². The zero-order valence-corrected chi connectivity index (χ0v) is 13.4. The lowest BCUT2D eigenvalue weighted by Crippen LogP contribution is -2.44. The van der Waals surface area contributed by atoms with E-state index in [0.29, 0.717) is 13.0 Å². The highest BCUT2D eigenvalue weighted by molar-refractivity contribution is 5.85. The topological polar surface area (TPSA) is 64.3 Å². The number of amides is 1. The number of carbonyl (C=O) groups is 1. The largest absolute Gasteiger partial charge is 0.444 e. The summed E-state index contributed by atoms with van der Waals surface area (Å²) in [5.41, 5.74) is 6.47. The van der Waals surface area contributed by atoms with Crippen LogP contribution in [-0.4, -0.2) is 24.3 Å². The maximum atomic E-state index is 11.9. The van der Waals surface area contributed by atoms with Crippen molar-refractivity contribution in [1.82, 2.24) is 5.32 Å². The Bertz CT molecular complexity index is 642. The Hall–Kier alpha value is -2.07. The lowest BCUT2D eigenvalue weighted by Gasteiger charge is -2.23. The van der Waals surface area contributed by atoms with Gasteiger partial charge in [0.15, 0.2) is 0 Å². The van der Waals surface area contributed by atoms with Gasteiger partial charge in [-0.1, -0.05) is 42.5 Å². The van der Waals surface area contributed by atoms with Crippen molar-refractivity contribution >= 4 is 16.9 Å². The fourth-order valence-corrected chi connectivity index (χ4v) is 2.40. The van der Waals surface area contributed by atoms with Gasteiger partial charge in [0.1, 0.15) is 5.60 Å². The molecule has 4 heteroatoms. The van der Waals surface area contributed by atoms with E-state index in [-0.39, 0.29) is 6.04 Å². The van der Waals surface area contributed by atoms with Crippen molar-refractivity contribution in [2.45, 2.75) is 38.8 Å². The Morgan fingerprint density at radius 3 is 2.55 bits per heavy atom. The van der Waals surface area contributed by atoms with Crippen molar-refractivity contribution in [3.05, 3.63) is 48.0 Å². The average molecular weight is 300 g/mol. The summed E-state index contributed by atoms with van der Waals surface area (Å²) in [5.74, 6) is 0. The summed E-state index contributed by atoms with van der Waals surface area (Å²) in [6, 6.07) is 14.2. The summed E-state index contributed by atoms with van der Waals surface area (Å²) < 4.78 is 5.29. The molecule has 0 aliphatic heterocycles. The van der Waals surface area contributed by atoms with Crippen molar-refractivity contribution in [2.75, 3.05) is 6.54 Å². The quantitative estimate of drug-likeness (QED) is 0.911. The van der Waals surface area contributed by atoms with Gasteiger partial charge in [-0.3, -0.25) is 0 Å². The molecule has 22 heavy (non-hydrogen) atoms. The standard InChI is InChI=1S/C18H24N2O2/c1-18(2,3)22-17(21)20-15(12-19)11-14-9-6-8-13-7-4-5-10-16(13)14/h4-10,15H,11-12,19H2,1-3H3,(H,20,21). The van der Waals surface area contributed by atoms with Gasteiger partial charge >= 0.3 is 6.09 Å². The molecule has 2 aromatic carbocycles. The number of alkyl carbamates (subject to hydrolysis) is 1. The molecule has 0 aliphatic carbocycles. The van der Waals surface area contributed by atoms with E-state index < -0.39 is 11.7 Å². The second kappa shape index (κ2) is 6.79. The average Bonchev–Trinajstić information content (AvgIpc) is 2.45. The lowest BCUT2D eigenvalue weighted by atomic mass is 9.99. The summed E-state index contributed by atoms with van der Waals surface area (Å²) in [6.45, 7) is 5.89. The molecule has 0 aliphatic rings. The van der Waals surface area contributed by atoms with E-state index >= 15 is 0 Å². The first-order chi connectivity index (χ1) is 10.4. The Kier molecular flexibility index (Phi) is 5.03. The van der Waals surface area contributed by atoms with Gasteiger partial charge in [-0.15, -0.1) is 0 Å². The van der Waals surface area contributed by atoms with E-state index in [2.05, 4.69) is 29.6 Å². The molecule has 3 N–H and O–H groups in total. The summed E-state index contributed by atoms with van der Waals surface area (Å²) in [7, 11) is 0. The Labute approximate surface area is 131 Å². The van der Waals surface area contributed by atoms with Crippen molar-refractivity contribution in [2.24, 2.45) is 5.73 Å². The predicted octanol–water partition coefficient (Wildman–Crippen LogP) is 3.23. The van der Waals surface area contributed by atoms with Gasteiger partial charge in [0.2, 0.25) is 0 Å². The molecule has 0 bridgehead atoms. The highest BCUT2D eigenvalue weighted by Gasteiger charge is 2.19. The maximum Gasteiger partial charge on any atom is 0.407 e. The zero-order valence-electron chi connectivity index (χ0n) is 13.4. The first kappa shape index (κ1) is 16.3. The molecule has 0 saturated heterocycles. The molecular formula is C18H24N2O2. The van der Waals surface area contributed by atoms with Gasteiger partial charge in [0.25, 0.3) is 0 Å². The van der Waals surface area contributed by atoms with Crippen LogP contribution in [0.25, 0.3) is 10.8 Å². The second-order valence-electron chi connectivity index (χ2n) is 6.42. The molecule has 0 spiro atoms. The zero-order chi connectivity index (χ0) is 16.2. The number of hydrogen-bond acceptors (Lipinski definition) is 3. The number of nitrogens with one attached hydrogen (secondary N) is 1. The molecule has 2 aromatic rings. The van der Waals surface area contributed by atoms with Crippen LogP contribution in [0.5, 0.6) is 0 Å². The molecule has 0 heterocycles. The molecule has 1 atom stereocenters. The Morgan fingerprint density at radius 2 is 1.86 bits per heavy atom. The van der Waals surface area contributed by atoms with Crippen LogP contribution in [0, 0.1) is 0 Å². The smallest absolute Gasteiger partial charge is 0.407 e. The van der Waals surface area contributed by atoms with Gasteiger partial charge in [-0.25, -0.2) is 4.79 Å². The molecule has 0 aromatic heterocycles. The SMILES string of the molecule is CC(C)(C)OC(=O)NC(CN)Cc1cccc2ccccc12. The van der Waals surface area contributed by atoms with Crippen molar-refractivity contribution in [3.8, 4) is 0 Å². The summed E-state index contributed by atoms with van der Waals surface area (Å²) >= 11 is 0. The van der Waals surface area contributed by atoms with Crippen LogP contribution in [0.3, 0.4) is 0 Å². The third-order valence-corrected chi connectivity index (χ3v) is 3.35. The van der Waals surface area contributed by atoms with E-state index in [0.717, 1.165) is 0 Å². The molecular weight excluding hydrogens is 276 g/mol. The Morgan fingerprint density at radius 1 is 1.18 bits per heavy atom. The molecule has 1 unspecified atom stereocenters. The highest BCUT2D eigenvalue weighted by Crippen LogP contribution is 2.19.